The Labute approximate surface area is 192 Å². The molecule has 1 amide bonds. The van der Waals surface area contributed by atoms with Crippen molar-refractivity contribution in [3.63, 3.8) is 0 Å². The summed E-state index contributed by atoms with van der Waals surface area (Å²) < 4.78 is 1.55. The number of aromatic nitrogens is 1. The lowest BCUT2D eigenvalue weighted by molar-refractivity contribution is -0.145. The van der Waals surface area contributed by atoms with Crippen LogP contribution in [-0.4, -0.2) is 118 Å². The van der Waals surface area contributed by atoms with Gasteiger partial charge in [0.25, 0.3) is 0 Å². The Bertz CT molecular complexity index is 1050. The first-order chi connectivity index (χ1) is 15.8. The van der Waals surface area contributed by atoms with Crippen LogP contribution in [0.4, 0.5) is 0 Å². The zero-order valence-electron chi connectivity index (χ0n) is 19.1. The maximum absolute atomic E-state index is 12.7. The SMILES string of the molecule is CN1CCN(C(=O)CN2CCN([C@H](C(=O)O)c3c(C(=O)O)n(C)c4ccccc34)CC2)CC1. The number of rotatable bonds is 6. The van der Waals surface area contributed by atoms with Gasteiger partial charge in [0.05, 0.1) is 6.54 Å². The highest BCUT2D eigenvalue weighted by Gasteiger charge is 2.37. The van der Waals surface area contributed by atoms with E-state index >= 15 is 0 Å². The third kappa shape index (κ3) is 4.59. The number of piperazine rings is 2. The molecule has 0 aliphatic carbocycles. The van der Waals surface area contributed by atoms with Gasteiger partial charge in [-0.15, -0.1) is 0 Å². The number of aromatic carboxylic acids is 1. The van der Waals surface area contributed by atoms with Gasteiger partial charge in [-0.2, -0.15) is 0 Å². The third-order valence-corrected chi connectivity index (χ3v) is 6.84. The van der Waals surface area contributed by atoms with Crippen molar-refractivity contribution in [3.05, 3.63) is 35.5 Å². The average Bonchev–Trinajstić information content (AvgIpc) is 3.08. The van der Waals surface area contributed by atoms with Gasteiger partial charge < -0.3 is 24.6 Å². The van der Waals surface area contributed by atoms with E-state index in [9.17, 15) is 24.6 Å². The first-order valence-electron chi connectivity index (χ1n) is 11.2. The highest BCUT2D eigenvalue weighted by molar-refractivity contribution is 6.01. The number of carbonyl (C=O) groups is 3. The summed E-state index contributed by atoms with van der Waals surface area (Å²) in [5, 5.41) is 20.6. The van der Waals surface area contributed by atoms with Crippen molar-refractivity contribution >= 4 is 28.7 Å². The summed E-state index contributed by atoms with van der Waals surface area (Å²) in [6.45, 7) is 5.51. The average molecular weight is 458 g/mol. The standard InChI is InChI=1S/C23H31N5O5/c1-24-7-11-27(12-8-24)18(29)15-26-9-13-28(14-10-26)21(23(32)33)19-16-5-3-4-6-17(16)25(2)20(19)22(30)31/h3-6,21H,7-15H2,1-2H3,(H,30,31)(H,32,33)/t21-/m0/s1. The molecule has 0 spiro atoms. The molecule has 4 rings (SSSR count). The lowest BCUT2D eigenvalue weighted by Crippen LogP contribution is -2.54. The summed E-state index contributed by atoms with van der Waals surface area (Å²) in [7, 11) is 3.70. The van der Waals surface area contributed by atoms with Crippen molar-refractivity contribution in [1.82, 2.24) is 24.2 Å². The molecular formula is C23H31N5O5. The number of aliphatic carboxylic acids is 1. The van der Waals surface area contributed by atoms with Crippen LogP contribution in [0.5, 0.6) is 0 Å². The summed E-state index contributed by atoms with van der Waals surface area (Å²) in [6, 6.07) is 6.10. The molecule has 0 saturated carbocycles. The second-order valence-electron chi connectivity index (χ2n) is 8.88. The minimum absolute atomic E-state index is 0.00345. The second kappa shape index (κ2) is 9.50. The number of amides is 1. The predicted molar refractivity (Wildman–Crippen MR) is 122 cm³/mol. The molecular weight excluding hydrogens is 426 g/mol. The molecule has 3 heterocycles. The van der Waals surface area contributed by atoms with Crippen LogP contribution in [0.15, 0.2) is 24.3 Å². The van der Waals surface area contributed by atoms with Gasteiger partial charge in [0.15, 0.2) is 0 Å². The van der Waals surface area contributed by atoms with Crippen molar-refractivity contribution in [1.29, 1.82) is 0 Å². The predicted octanol–water partition coefficient (Wildman–Crippen LogP) is 0.394. The van der Waals surface area contributed by atoms with Crippen molar-refractivity contribution in [2.75, 3.05) is 66.0 Å². The summed E-state index contributed by atoms with van der Waals surface area (Å²) in [5.41, 5.74) is 0.999. The van der Waals surface area contributed by atoms with Crippen LogP contribution in [0.25, 0.3) is 10.9 Å². The smallest absolute Gasteiger partial charge is 0.352 e. The van der Waals surface area contributed by atoms with Crippen molar-refractivity contribution in [2.45, 2.75) is 6.04 Å². The number of aryl methyl sites for hydroxylation is 1. The van der Waals surface area contributed by atoms with Crippen molar-refractivity contribution < 1.29 is 24.6 Å². The summed E-state index contributed by atoms with van der Waals surface area (Å²) in [4.78, 5) is 45.1. The number of nitrogens with zero attached hydrogens (tertiary/aromatic N) is 5. The summed E-state index contributed by atoms with van der Waals surface area (Å²) in [6.07, 6.45) is 0. The first kappa shape index (κ1) is 23.2. The van der Waals surface area contributed by atoms with E-state index < -0.39 is 18.0 Å². The van der Waals surface area contributed by atoms with E-state index in [1.165, 1.54) is 0 Å². The van der Waals surface area contributed by atoms with Gasteiger partial charge in [-0.1, -0.05) is 18.2 Å². The Morgan fingerprint density at radius 2 is 1.55 bits per heavy atom. The number of hydrogen-bond acceptors (Lipinski definition) is 6. The Kier molecular flexibility index (Phi) is 6.68. The summed E-state index contributed by atoms with van der Waals surface area (Å²) in [5.74, 6) is -2.12. The third-order valence-electron chi connectivity index (χ3n) is 6.84. The zero-order valence-corrected chi connectivity index (χ0v) is 19.1. The number of para-hydroxylation sites is 1. The van der Waals surface area contributed by atoms with Crippen LogP contribution < -0.4 is 0 Å². The van der Waals surface area contributed by atoms with Crippen LogP contribution in [0.2, 0.25) is 0 Å². The van der Waals surface area contributed by atoms with E-state index in [4.69, 9.17) is 0 Å². The molecule has 0 unspecified atom stereocenters. The van der Waals surface area contributed by atoms with E-state index in [1.807, 2.05) is 22.9 Å². The molecule has 2 saturated heterocycles. The normalized spacial score (nSPS) is 19.6. The second-order valence-corrected chi connectivity index (χ2v) is 8.88. The molecule has 1 atom stereocenters. The Balaban J connectivity index is 1.50. The van der Waals surface area contributed by atoms with E-state index in [1.54, 1.807) is 29.8 Å². The van der Waals surface area contributed by atoms with Crippen LogP contribution in [0, 0.1) is 0 Å². The highest BCUT2D eigenvalue weighted by Crippen LogP contribution is 2.34. The van der Waals surface area contributed by atoms with E-state index in [0.717, 1.165) is 26.2 Å². The molecule has 178 valence electrons. The number of hydrogen-bond donors (Lipinski definition) is 2. The number of carboxylic acid groups (broad SMARTS) is 2. The van der Waals surface area contributed by atoms with Gasteiger partial charge in [0.2, 0.25) is 5.91 Å². The molecule has 2 aromatic rings. The fraction of sp³-hybridized carbons (Fsp3) is 0.522. The molecule has 33 heavy (non-hydrogen) atoms. The van der Waals surface area contributed by atoms with Gasteiger partial charge in [0.1, 0.15) is 11.7 Å². The molecule has 2 N–H and O–H groups in total. The minimum Gasteiger partial charge on any atom is -0.480 e. The number of likely N-dealkylation sites (N-methyl/N-ethyl adjacent to an activating group) is 1. The molecule has 10 heteroatoms. The number of fused-ring (bicyclic) bond motifs is 1. The highest BCUT2D eigenvalue weighted by atomic mass is 16.4. The Morgan fingerprint density at radius 3 is 2.15 bits per heavy atom. The van der Waals surface area contributed by atoms with Crippen molar-refractivity contribution in [2.24, 2.45) is 7.05 Å². The van der Waals surface area contributed by atoms with Crippen LogP contribution in [0.3, 0.4) is 0 Å². The molecule has 1 aromatic carbocycles. The lowest BCUT2D eigenvalue weighted by atomic mass is 10.00. The Morgan fingerprint density at radius 1 is 0.909 bits per heavy atom. The molecule has 10 nitrogen and oxygen atoms in total. The fourth-order valence-corrected chi connectivity index (χ4v) is 4.95. The van der Waals surface area contributed by atoms with E-state index in [2.05, 4.69) is 9.80 Å². The monoisotopic (exact) mass is 457 g/mol. The van der Waals surface area contributed by atoms with Crippen molar-refractivity contribution in [3.8, 4) is 0 Å². The largest absolute Gasteiger partial charge is 0.480 e. The van der Waals surface area contributed by atoms with E-state index in [0.29, 0.717) is 49.2 Å². The number of carbonyl (C=O) groups excluding carboxylic acids is 1. The molecule has 0 bridgehead atoms. The van der Waals surface area contributed by atoms with Crippen LogP contribution >= 0.6 is 0 Å². The Hall–Kier alpha value is -2.95. The number of benzene rings is 1. The maximum Gasteiger partial charge on any atom is 0.352 e. The first-order valence-corrected chi connectivity index (χ1v) is 11.2. The van der Waals surface area contributed by atoms with Crippen LogP contribution in [0.1, 0.15) is 22.1 Å². The molecule has 0 radical (unpaired) electrons. The van der Waals surface area contributed by atoms with Gasteiger partial charge in [-0.3, -0.25) is 19.4 Å². The molecule has 2 aliphatic heterocycles. The van der Waals surface area contributed by atoms with Gasteiger partial charge in [-0.05, 0) is 13.1 Å². The fourth-order valence-electron chi connectivity index (χ4n) is 4.95. The van der Waals surface area contributed by atoms with Crippen LogP contribution in [-0.2, 0) is 16.6 Å². The molecule has 2 fully saturated rings. The summed E-state index contributed by atoms with van der Waals surface area (Å²) >= 11 is 0. The number of carboxylic acids is 2. The lowest BCUT2D eigenvalue weighted by Gasteiger charge is -2.39. The molecule has 1 aromatic heterocycles. The van der Waals surface area contributed by atoms with Gasteiger partial charge in [-0.25, -0.2) is 4.79 Å². The topological polar surface area (TPSA) is 110 Å². The quantitative estimate of drug-likeness (QED) is 0.641. The maximum atomic E-state index is 12.7. The zero-order chi connectivity index (χ0) is 23.7. The van der Waals surface area contributed by atoms with Gasteiger partial charge in [0, 0.05) is 75.9 Å². The molecule has 2 aliphatic rings. The van der Waals surface area contributed by atoms with Gasteiger partial charge >= 0.3 is 11.9 Å². The minimum atomic E-state index is -1.15. The van der Waals surface area contributed by atoms with E-state index in [-0.39, 0.29) is 11.6 Å².